The fourth-order valence-corrected chi connectivity index (χ4v) is 2.93. The first-order valence-corrected chi connectivity index (χ1v) is 6.90. The third-order valence-electron chi connectivity index (χ3n) is 4.13. The van der Waals surface area contributed by atoms with Crippen LogP contribution in [-0.4, -0.2) is 43.6 Å². The van der Waals surface area contributed by atoms with Gasteiger partial charge in [0.05, 0.1) is 0 Å². The molecule has 0 saturated carbocycles. The largest absolute Gasteiger partial charge is 0.484 e. The molecule has 5 heteroatoms. The summed E-state index contributed by atoms with van der Waals surface area (Å²) < 4.78 is 5.55. The number of likely N-dealkylation sites (tertiary alicyclic amines) is 1. The van der Waals surface area contributed by atoms with Gasteiger partial charge in [0.2, 0.25) is 0 Å². The highest BCUT2D eigenvalue weighted by Gasteiger charge is 2.37. The lowest BCUT2D eigenvalue weighted by molar-refractivity contribution is -0.132. The Bertz CT molecular complexity index is 451. The van der Waals surface area contributed by atoms with Gasteiger partial charge < -0.3 is 15.0 Å². The zero-order valence-corrected chi connectivity index (χ0v) is 12.5. The summed E-state index contributed by atoms with van der Waals surface area (Å²) in [4.78, 5) is 14.0. The summed E-state index contributed by atoms with van der Waals surface area (Å²) in [6.45, 7) is 6.05. The number of ether oxygens (including phenoxy) is 1. The van der Waals surface area contributed by atoms with Gasteiger partial charge in [0.25, 0.3) is 5.91 Å². The average molecular weight is 297 g/mol. The first kappa shape index (κ1) is 15.1. The molecule has 2 aliphatic heterocycles. The van der Waals surface area contributed by atoms with Crippen LogP contribution in [0.15, 0.2) is 24.3 Å². The summed E-state index contributed by atoms with van der Waals surface area (Å²) in [5, 5.41) is 3.38. The molecule has 20 heavy (non-hydrogen) atoms. The van der Waals surface area contributed by atoms with Crippen LogP contribution in [0.3, 0.4) is 0 Å². The molecule has 2 heterocycles. The highest BCUT2D eigenvalue weighted by Crippen LogP contribution is 2.26. The summed E-state index contributed by atoms with van der Waals surface area (Å²) in [7, 11) is 0. The minimum atomic E-state index is 0. The van der Waals surface area contributed by atoms with Crippen LogP contribution in [-0.2, 0) is 4.79 Å². The molecule has 0 radical (unpaired) electrons. The summed E-state index contributed by atoms with van der Waals surface area (Å²) in [5.74, 6) is 2.15. The second-order valence-corrected chi connectivity index (χ2v) is 5.58. The van der Waals surface area contributed by atoms with Crippen LogP contribution >= 0.6 is 12.4 Å². The van der Waals surface area contributed by atoms with Crippen molar-refractivity contribution < 1.29 is 9.53 Å². The smallest absolute Gasteiger partial charge is 0.260 e. The quantitative estimate of drug-likeness (QED) is 0.918. The maximum Gasteiger partial charge on any atom is 0.260 e. The molecule has 3 rings (SSSR count). The lowest BCUT2D eigenvalue weighted by atomic mass is 10.0. The molecular weight excluding hydrogens is 276 g/mol. The molecule has 2 aliphatic rings. The van der Waals surface area contributed by atoms with E-state index in [1.165, 1.54) is 5.56 Å². The normalized spacial score (nSPS) is 24.1. The van der Waals surface area contributed by atoms with Crippen molar-refractivity contribution >= 4 is 18.3 Å². The van der Waals surface area contributed by atoms with E-state index in [4.69, 9.17) is 4.74 Å². The summed E-state index contributed by atoms with van der Waals surface area (Å²) in [5.41, 5.74) is 1.19. The Morgan fingerprint density at radius 3 is 2.45 bits per heavy atom. The molecule has 1 amide bonds. The van der Waals surface area contributed by atoms with Crippen molar-refractivity contribution in [1.82, 2.24) is 10.2 Å². The molecule has 1 N–H and O–H groups in total. The van der Waals surface area contributed by atoms with Crippen molar-refractivity contribution in [3.8, 4) is 5.75 Å². The van der Waals surface area contributed by atoms with Gasteiger partial charge in [0.15, 0.2) is 6.61 Å². The number of fused-ring (bicyclic) bond motifs is 1. The Balaban J connectivity index is 0.00000147. The van der Waals surface area contributed by atoms with Crippen molar-refractivity contribution in [2.45, 2.75) is 6.92 Å². The minimum absolute atomic E-state index is 0. The molecule has 2 fully saturated rings. The molecule has 0 aromatic heterocycles. The number of hydrogen-bond acceptors (Lipinski definition) is 3. The van der Waals surface area contributed by atoms with E-state index in [-0.39, 0.29) is 24.9 Å². The topological polar surface area (TPSA) is 41.6 Å². The number of halogens is 1. The van der Waals surface area contributed by atoms with Crippen LogP contribution < -0.4 is 10.1 Å². The Morgan fingerprint density at radius 1 is 1.25 bits per heavy atom. The Morgan fingerprint density at radius 2 is 1.85 bits per heavy atom. The maximum absolute atomic E-state index is 12.1. The van der Waals surface area contributed by atoms with E-state index in [1.807, 2.05) is 36.1 Å². The standard InChI is InChI=1S/C15H20N2O2.ClH/c1-11-2-4-14(5-3-11)19-10-15(18)17-8-12-6-16-7-13(12)9-17;/h2-5,12-13,16H,6-10H2,1H3;1H/t12-,13+;. The predicted molar refractivity (Wildman–Crippen MR) is 80.4 cm³/mol. The van der Waals surface area contributed by atoms with Crippen LogP contribution in [0.1, 0.15) is 5.56 Å². The number of carbonyl (C=O) groups excluding carboxylic acids is 1. The second-order valence-electron chi connectivity index (χ2n) is 5.58. The van der Waals surface area contributed by atoms with Crippen molar-refractivity contribution in [2.24, 2.45) is 11.8 Å². The van der Waals surface area contributed by atoms with Gasteiger partial charge in [-0.15, -0.1) is 12.4 Å². The molecule has 1 aromatic rings. The van der Waals surface area contributed by atoms with Gasteiger partial charge >= 0.3 is 0 Å². The molecule has 4 nitrogen and oxygen atoms in total. The highest BCUT2D eigenvalue weighted by molar-refractivity contribution is 5.85. The fraction of sp³-hybridized carbons (Fsp3) is 0.533. The van der Waals surface area contributed by atoms with Gasteiger partial charge in [0, 0.05) is 26.2 Å². The zero-order valence-electron chi connectivity index (χ0n) is 11.7. The molecule has 2 atom stereocenters. The van der Waals surface area contributed by atoms with Crippen LogP contribution in [0, 0.1) is 18.8 Å². The van der Waals surface area contributed by atoms with E-state index in [2.05, 4.69) is 5.32 Å². The van der Waals surface area contributed by atoms with Crippen molar-refractivity contribution in [1.29, 1.82) is 0 Å². The number of nitrogens with one attached hydrogen (secondary N) is 1. The first-order chi connectivity index (χ1) is 9.22. The van der Waals surface area contributed by atoms with Gasteiger partial charge in [-0.3, -0.25) is 4.79 Å². The third-order valence-corrected chi connectivity index (χ3v) is 4.13. The maximum atomic E-state index is 12.1. The molecule has 2 saturated heterocycles. The Kier molecular flexibility index (Phi) is 4.89. The molecule has 1 aromatic carbocycles. The van der Waals surface area contributed by atoms with Crippen LogP contribution in [0.2, 0.25) is 0 Å². The molecular formula is C15H21ClN2O2. The van der Waals surface area contributed by atoms with Crippen LogP contribution in [0.5, 0.6) is 5.75 Å². The van der Waals surface area contributed by atoms with Crippen molar-refractivity contribution in [2.75, 3.05) is 32.8 Å². The summed E-state index contributed by atoms with van der Waals surface area (Å²) in [6, 6.07) is 7.80. The van der Waals surface area contributed by atoms with E-state index < -0.39 is 0 Å². The Hall–Kier alpha value is -1.26. The number of rotatable bonds is 3. The second kappa shape index (κ2) is 6.46. The number of benzene rings is 1. The van der Waals surface area contributed by atoms with Gasteiger partial charge in [-0.05, 0) is 30.9 Å². The fourth-order valence-electron chi connectivity index (χ4n) is 2.93. The molecule has 0 unspecified atom stereocenters. The van der Waals surface area contributed by atoms with Crippen molar-refractivity contribution in [3.05, 3.63) is 29.8 Å². The van der Waals surface area contributed by atoms with Gasteiger partial charge in [0.1, 0.15) is 5.75 Å². The molecule has 0 bridgehead atoms. The van der Waals surface area contributed by atoms with E-state index in [9.17, 15) is 4.79 Å². The number of carbonyl (C=O) groups is 1. The van der Waals surface area contributed by atoms with Crippen LogP contribution in [0.25, 0.3) is 0 Å². The summed E-state index contributed by atoms with van der Waals surface area (Å²) >= 11 is 0. The summed E-state index contributed by atoms with van der Waals surface area (Å²) in [6.07, 6.45) is 0. The Labute approximate surface area is 125 Å². The van der Waals surface area contributed by atoms with E-state index in [1.54, 1.807) is 0 Å². The van der Waals surface area contributed by atoms with E-state index in [0.717, 1.165) is 31.9 Å². The molecule has 110 valence electrons. The van der Waals surface area contributed by atoms with Gasteiger partial charge in [-0.25, -0.2) is 0 Å². The number of hydrogen-bond donors (Lipinski definition) is 1. The van der Waals surface area contributed by atoms with E-state index >= 15 is 0 Å². The van der Waals surface area contributed by atoms with E-state index in [0.29, 0.717) is 11.8 Å². The zero-order chi connectivity index (χ0) is 13.2. The van der Waals surface area contributed by atoms with Crippen LogP contribution in [0.4, 0.5) is 0 Å². The number of amides is 1. The highest BCUT2D eigenvalue weighted by atomic mass is 35.5. The molecule has 0 aliphatic carbocycles. The SMILES string of the molecule is Cc1ccc(OCC(=O)N2C[C@H]3CNC[C@H]3C2)cc1.Cl. The van der Waals surface area contributed by atoms with Gasteiger partial charge in [-0.2, -0.15) is 0 Å². The monoisotopic (exact) mass is 296 g/mol. The lowest BCUT2D eigenvalue weighted by Crippen LogP contribution is -2.35. The first-order valence-electron chi connectivity index (χ1n) is 6.90. The minimum Gasteiger partial charge on any atom is -0.484 e. The number of aryl methyl sites for hydroxylation is 1. The predicted octanol–water partition coefficient (Wildman–Crippen LogP) is 1.47. The van der Waals surface area contributed by atoms with Crippen molar-refractivity contribution in [3.63, 3.8) is 0 Å². The van der Waals surface area contributed by atoms with Gasteiger partial charge in [-0.1, -0.05) is 17.7 Å². The average Bonchev–Trinajstić information content (AvgIpc) is 2.98. The molecule has 0 spiro atoms. The lowest BCUT2D eigenvalue weighted by Gasteiger charge is -2.17. The third kappa shape index (κ3) is 3.25. The number of nitrogens with zero attached hydrogens (tertiary/aromatic N) is 1.